The van der Waals surface area contributed by atoms with Crippen LogP contribution in [-0.4, -0.2) is 31.1 Å². The van der Waals surface area contributed by atoms with Crippen LogP contribution in [0.5, 0.6) is 0 Å². The van der Waals surface area contributed by atoms with E-state index in [1.54, 1.807) is 18.6 Å². The van der Waals surface area contributed by atoms with Crippen molar-refractivity contribution in [2.45, 2.75) is 20.3 Å². The SMILES string of the molecule is CC(C)CC(=O)Nc1cncc(-c2cnc3[nH]nc(-c4cc5c(-c6cccc(Cl)c6)cccc5[nH]4)c3c2)c1. The average Bonchev–Trinajstić information content (AvgIpc) is 3.52. The quantitative estimate of drug-likeness (QED) is 0.212. The average molecular weight is 521 g/mol. The minimum atomic E-state index is -0.0272. The first-order valence-corrected chi connectivity index (χ1v) is 12.8. The Hall–Kier alpha value is -4.49. The number of aromatic nitrogens is 5. The van der Waals surface area contributed by atoms with Gasteiger partial charge in [0, 0.05) is 51.3 Å². The Kier molecular flexibility index (Phi) is 6.13. The lowest BCUT2D eigenvalue weighted by Gasteiger charge is -2.08. The number of carbonyl (C=O) groups is 1. The van der Waals surface area contributed by atoms with Gasteiger partial charge in [-0.05, 0) is 53.4 Å². The molecule has 0 bridgehead atoms. The summed E-state index contributed by atoms with van der Waals surface area (Å²) in [5, 5.41) is 13.2. The van der Waals surface area contributed by atoms with Crippen LogP contribution in [0.2, 0.25) is 5.02 Å². The van der Waals surface area contributed by atoms with Gasteiger partial charge >= 0.3 is 0 Å². The van der Waals surface area contributed by atoms with Crippen LogP contribution in [0.4, 0.5) is 5.69 Å². The summed E-state index contributed by atoms with van der Waals surface area (Å²) in [6.45, 7) is 4.03. The molecule has 7 nitrogen and oxygen atoms in total. The highest BCUT2D eigenvalue weighted by Gasteiger charge is 2.15. The Morgan fingerprint density at radius 2 is 1.79 bits per heavy atom. The molecule has 0 unspecified atom stereocenters. The van der Waals surface area contributed by atoms with E-state index < -0.39 is 0 Å². The summed E-state index contributed by atoms with van der Waals surface area (Å²) >= 11 is 6.26. The number of hydrogen-bond acceptors (Lipinski definition) is 4. The van der Waals surface area contributed by atoms with E-state index in [0.29, 0.717) is 22.8 Å². The molecule has 0 radical (unpaired) electrons. The van der Waals surface area contributed by atoms with Crippen molar-refractivity contribution in [3.8, 4) is 33.6 Å². The maximum atomic E-state index is 12.2. The van der Waals surface area contributed by atoms with E-state index >= 15 is 0 Å². The first-order chi connectivity index (χ1) is 18.4. The van der Waals surface area contributed by atoms with E-state index in [1.165, 1.54) is 0 Å². The molecule has 6 aromatic rings. The van der Waals surface area contributed by atoms with Gasteiger partial charge in [0.2, 0.25) is 5.91 Å². The fourth-order valence-electron chi connectivity index (χ4n) is 4.71. The number of pyridine rings is 2. The Bertz CT molecular complexity index is 1800. The highest BCUT2D eigenvalue weighted by atomic mass is 35.5. The van der Waals surface area contributed by atoms with Gasteiger partial charge < -0.3 is 10.3 Å². The summed E-state index contributed by atoms with van der Waals surface area (Å²) < 4.78 is 0. The molecular formula is C30H25ClN6O. The van der Waals surface area contributed by atoms with Crippen LogP contribution >= 0.6 is 11.6 Å². The maximum absolute atomic E-state index is 12.2. The predicted octanol–water partition coefficient (Wildman–Crippen LogP) is 7.47. The number of benzene rings is 2. The molecule has 0 aliphatic carbocycles. The largest absolute Gasteiger partial charge is 0.353 e. The summed E-state index contributed by atoms with van der Waals surface area (Å²) in [4.78, 5) is 24.7. The van der Waals surface area contributed by atoms with Crippen molar-refractivity contribution >= 4 is 45.1 Å². The van der Waals surface area contributed by atoms with Gasteiger partial charge in [-0.2, -0.15) is 5.10 Å². The lowest BCUT2D eigenvalue weighted by Crippen LogP contribution is -2.13. The summed E-state index contributed by atoms with van der Waals surface area (Å²) in [6, 6.07) is 20.1. The lowest BCUT2D eigenvalue weighted by molar-refractivity contribution is -0.116. The van der Waals surface area contributed by atoms with Crippen molar-refractivity contribution in [1.82, 2.24) is 25.1 Å². The second kappa shape index (κ2) is 9.76. The van der Waals surface area contributed by atoms with Gasteiger partial charge in [-0.3, -0.25) is 14.9 Å². The van der Waals surface area contributed by atoms with Crippen LogP contribution in [0.25, 0.3) is 55.6 Å². The monoisotopic (exact) mass is 520 g/mol. The van der Waals surface area contributed by atoms with Gasteiger partial charge in [0.15, 0.2) is 5.65 Å². The fraction of sp³-hybridized carbons (Fsp3) is 0.133. The van der Waals surface area contributed by atoms with Gasteiger partial charge in [0.1, 0.15) is 5.69 Å². The summed E-state index contributed by atoms with van der Waals surface area (Å²) in [6.07, 6.45) is 5.66. The molecule has 4 heterocycles. The van der Waals surface area contributed by atoms with Crippen LogP contribution in [0, 0.1) is 5.92 Å². The predicted molar refractivity (Wildman–Crippen MR) is 153 cm³/mol. The van der Waals surface area contributed by atoms with Crippen molar-refractivity contribution in [3.05, 3.63) is 84.3 Å². The molecule has 0 saturated heterocycles. The molecule has 188 valence electrons. The molecule has 38 heavy (non-hydrogen) atoms. The van der Waals surface area contributed by atoms with Gasteiger partial charge in [-0.25, -0.2) is 4.98 Å². The summed E-state index contributed by atoms with van der Waals surface area (Å²) in [7, 11) is 0. The molecule has 0 saturated carbocycles. The third kappa shape index (κ3) is 4.64. The molecule has 0 aliphatic heterocycles. The highest BCUT2D eigenvalue weighted by molar-refractivity contribution is 6.31. The van der Waals surface area contributed by atoms with E-state index in [4.69, 9.17) is 11.6 Å². The number of H-pyrrole nitrogens is 2. The van der Waals surface area contributed by atoms with Gasteiger partial charge in [-0.1, -0.05) is 49.7 Å². The van der Waals surface area contributed by atoms with Crippen molar-refractivity contribution in [2.24, 2.45) is 5.92 Å². The lowest BCUT2D eigenvalue weighted by atomic mass is 10.0. The number of amides is 1. The molecule has 0 aliphatic rings. The molecule has 0 fully saturated rings. The maximum Gasteiger partial charge on any atom is 0.224 e. The van der Waals surface area contributed by atoms with Crippen molar-refractivity contribution in [2.75, 3.05) is 5.32 Å². The first-order valence-electron chi connectivity index (χ1n) is 12.4. The number of nitrogens with one attached hydrogen (secondary N) is 3. The van der Waals surface area contributed by atoms with Crippen molar-refractivity contribution in [3.63, 3.8) is 0 Å². The Morgan fingerprint density at radius 3 is 2.63 bits per heavy atom. The number of carbonyl (C=O) groups excluding carboxylic acids is 1. The first kappa shape index (κ1) is 23.9. The van der Waals surface area contributed by atoms with E-state index in [-0.39, 0.29) is 11.8 Å². The number of halogens is 1. The van der Waals surface area contributed by atoms with Crippen molar-refractivity contribution < 1.29 is 4.79 Å². The zero-order chi connectivity index (χ0) is 26.2. The molecular weight excluding hydrogens is 496 g/mol. The number of fused-ring (bicyclic) bond motifs is 2. The van der Waals surface area contributed by atoms with Gasteiger partial charge in [0.25, 0.3) is 0 Å². The number of aromatic amines is 2. The highest BCUT2D eigenvalue weighted by Crippen LogP contribution is 2.35. The van der Waals surface area contributed by atoms with Crippen LogP contribution in [0.1, 0.15) is 20.3 Å². The molecule has 8 heteroatoms. The van der Waals surface area contributed by atoms with Crippen LogP contribution in [0.3, 0.4) is 0 Å². The van der Waals surface area contributed by atoms with Crippen LogP contribution in [0.15, 0.2) is 79.3 Å². The second-order valence-corrected chi connectivity index (χ2v) is 10.2. The Balaban J connectivity index is 1.38. The van der Waals surface area contributed by atoms with Gasteiger partial charge in [0.05, 0.1) is 17.6 Å². The normalized spacial score (nSPS) is 11.5. The molecule has 0 spiro atoms. The van der Waals surface area contributed by atoms with Gasteiger partial charge in [-0.15, -0.1) is 0 Å². The van der Waals surface area contributed by atoms with Crippen LogP contribution in [-0.2, 0) is 4.79 Å². The second-order valence-electron chi connectivity index (χ2n) is 9.76. The van der Waals surface area contributed by atoms with Crippen LogP contribution < -0.4 is 5.32 Å². The van der Waals surface area contributed by atoms with E-state index in [0.717, 1.165) is 49.9 Å². The minimum absolute atomic E-state index is 0.0272. The van der Waals surface area contributed by atoms with Crippen molar-refractivity contribution in [1.29, 1.82) is 0 Å². The Labute approximate surface area is 224 Å². The van der Waals surface area contributed by atoms with E-state index in [2.05, 4.69) is 54.7 Å². The molecule has 0 atom stereocenters. The zero-order valence-electron chi connectivity index (χ0n) is 20.9. The summed E-state index contributed by atoms with van der Waals surface area (Å²) in [5.41, 5.74) is 7.89. The molecule has 6 rings (SSSR count). The number of rotatable bonds is 6. The third-order valence-corrected chi connectivity index (χ3v) is 6.66. The zero-order valence-corrected chi connectivity index (χ0v) is 21.7. The minimum Gasteiger partial charge on any atom is -0.353 e. The van der Waals surface area contributed by atoms with E-state index in [1.807, 2.05) is 50.2 Å². The topological polar surface area (TPSA) is 99.3 Å². The van der Waals surface area contributed by atoms with E-state index in [9.17, 15) is 4.79 Å². The Morgan fingerprint density at radius 1 is 0.947 bits per heavy atom. The smallest absolute Gasteiger partial charge is 0.224 e. The fourth-order valence-corrected chi connectivity index (χ4v) is 4.90. The number of nitrogens with zero attached hydrogens (tertiary/aromatic N) is 3. The molecule has 4 aromatic heterocycles. The third-order valence-electron chi connectivity index (χ3n) is 6.42. The number of hydrogen-bond donors (Lipinski definition) is 3. The molecule has 2 aromatic carbocycles. The molecule has 3 N–H and O–H groups in total. The standard InChI is InChI=1S/C30H25ClN6O/c1-17(2)9-28(38)34-22-11-19(14-32-16-22)20-12-25-29(36-37-30(25)33-15-20)27-13-24-23(7-4-8-26(24)35-27)18-5-3-6-21(31)10-18/h3-8,10-17,35H,9H2,1-2H3,(H,34,38)(H,33,36,37). The number of anilines is 1. The summed E-state index contributed by atoms with van der Waals surface area (Å²) in [5.74, 6) is 0.254. The molecule has 1 amide bonds.